The Bertz CT molecular complexity index is 210. The van der Waals surface area contributed by atoms with Crippen LogP contribution in [-0.2, 0) is 29.0 Å². The summed E-state index contributed by atoms with van der Waals surface area (Å²) in [7, 11) is 0. The first-order valence-corrected chi connectivity index (χ1v) is 3.55. The van der Waals surface area contributed by atoms with Crippen LogP contribution in [-0.4, -0.2) is 62.2 Å². The van der Waals surface area contributed by atoms with Gasteiger partial charge in [-0.3, -0.25) is 0 Å². The zero-order chi connectivity index (χ0) is 10.2. The molecule has 1 aliphatic heterocycles. The molecule has 78 valence electrons. The van der Waals surface area contributed by atoms with Crippen molar-refractivity contribution in [1.29, 1.82) is 0 Å². The van der Waals surface area contributed by atoms with E-state index in [2.05, 4.69) is 4.74 Å². The number of aliphatic hydroxyl groups is 4. The van der Waals surface area contributed by atoms with Gasteiger partial charge in [-0.25, -0.2) is 4.79 Å². The molecule has 0 amide bonds. The minimum atomic E-state index is -1.81. The third kappa shape index (κ3) is 2.47. The van der Waals surface area contributed by atoms with Crippen molar-refractivity contribution in [2.24, 2.45) is 0 Å². The Morgan fingerprint density at radius 2 is 1.50 bits per heavy atom. The molecule has 1 heterocycles. The van der Waals surface area contributed by atoms with Crippen molar-refractivity contribution >= 4 is 5.97 Å². The van der Waals surface area contributed by atoms with Gasteiger partial charge in [-0.15, -0.1) is 0 Å². The Balaban J connectivity index is 0.00000169. The van der Waals surface area contributed by atoms with E-state index < -0.39 is 36.7 Å². The summed E-state index contributed by atoms with van der Waals surface area (Å²) < 4.78 is 4.34. The van der Waals surface area contributed by atoms with E-state index in [1.54, 1.807) is 0 Å². The van der Waals surface area contributed by atoms with Gasteiger partial charge in [-0.2, -0.15) is 0 Å². The molecule has 0 aliphatic carbocycles. The summed E-state index contributed by atoms with van der Waals surface area (Å²) in [6, 6.07) is 0. The molecule has 0 unspecified atom stereocenters. The topological polar surface area (TPSA) is 127 Å². The zero-order valence-corrected chi connectivity index (χ0v) is 10.1. The minimum absolute atomic E-state index is 0. The zero-order valence-electron chi connectivity index (χ0n) is 7.15. The second-order valence-corrected chi connectivity index (χ2v) is 2.76. The summed E-state index contributed by atoms with van der Waals surface area (Å²) in [6.45, 7) is 0. The van der Waals surface area contributed by atoms with Crippen LogP contribution in [0.2, 0.25) is 0 Å². The first kappa shape index (κ1) is 13.9. The van der Waals surface area contributed by atoms with Crippen LogP contribution in [0.4, 0.5) is 0 Å². The van der Waals surface area contributed by atoms with Crippen molar-refractivity contribution < 1.29 is 54.5 Å². The van der Waals surface area contributed by atoms with Gasteiger partial charge in [0.15, 0.2) is 12.4 Å². The number of ether oxygens (including phenoxy) is 1. The molecule has 0 spiro atoms. The summed E-state index contributed by atoms with van der Waals surface area (Å²) in [5, 5.41) is 44.4. The van der Waals surface area contributed by atoms with Crippen molar-refractivity contribution in [3.8, 4) is 0 Å². The molecule has 0 aromatic heterocycles. The Hall–Kier alpha value is -0.107. The van der Waals surface area contributed by atoms with Crippen LogP contribution in [0.3, 0.4) is 0 Å². The SMILES string of the molecule is O=C(O)[C@H]1O[C@@H](O)[C@H](O)[C@@H](O)[C@@H]1O.[Zn]. The fraction of sp³-hybridized carbons (Fsp3) is 0.833. The monoisotopic (exact) mass is 258 g/mol. The van der Waals surface area contributed by atoms with Gasteiger partial charge in [-0.1, -0.05) is 0 Å². The van der Waals surface area contributed by atoms with E-state index >= 15 is 0 Å². The minimum Gasteiger partial charge on any atom is -0.479 e. The van der Waals surface area contributed by atoms with Gasteiger partial charge >= 0.3 is 5.97 Å². The Morgan fingerprint density at radius 3 is 1.93 bits per heavy atom. The van der Waals surface area contributed by atoms with Gasteiger partial charge in [0.05, 0.1) is 0 Å². The molecular weight excluding hydrogens is 249 g/mol. The van der Waals surface area contributed by atoms with Crippen molar-refractivity contribution in [3.63, 3.8) is 0 Å². The van der Waals surface area contributed by atoms with Crippen molar-refractivity contribution in [2.75, 3.05) is 0 Å². The molecule has 0 aromatic carbocycles. The molecule has 0 radical (unpaired) electrons. The van der Waals surface area contributed by atoms with Gasteiger partial charge in [0.1, 0.15) is 18.3 Å². The van der Waals surface area contributed by atoms with Crippen LogP contribution < -0.4 is 0 Å². The summed E-state index contributed by atoms with van der Waals surface area (Å²) in [5.41, 5.74) is 0. The summed E-state index contributed by atoms with van der Waals surface area (Å²) in [6.07, 6.45) is -8.72. The van der Waals surface area contributed by atoms with Gasteiger partial charge in [0.25, 0.3) is 0 Å². The fourth-order valence-electron chi connectivity index (χ4n) is 1.07. The largest absolute Gasteiger partial charge is 0.479 e. The van der Waals surface area contributed by atoms with Crippen LogP contribution in [0, 0.1) is 0 Å². The van der Waals surface area contributed by atoms with E-state index in [1.165, 1.54) is 0 Å². The number of hydrogen-bond donors (Lipinski definition) is 5. The maximum absolute atomic E-state index is 10.4. The second kappa shape index (κ2) is 5.11. The van der Waals surface area contributed by atoms with Gasteiger partial charge in [-0.05, 0) is 0 Å². The Kier molecular flexibility index (Phi) is 5.07. The van der Waals surface area contributed by atoms with E-state index in [9.17, 15) is 4.79 Å². The van der Waals surface area contributed by atoms with Crippen molar-refractivity contribution in [1.82, 2.24) is 0 Å². The molecule has 1 saturated heterocycles. The molecule has 8 heteroatoms. The van der Waals surface area contributed by atoms with E-state index in [0.29, 0.717) is 0 Å². The summed E-state index contributed by atoms with van der Waals surface area (Å²) >= 11 is 0. The first-order chi connectivity index (χ1) is 5.95. The van der Waals surface area contributed by atoms with Crippen LogP contribution in [0.25, 0.3) is 0 Å². The van der Waals surface area contributed by atoms with Crippen molar-refractivity contribution in [3.05, 3.63) is 0 Å². The molecule has 1 rings (SSSR count). The van der Waals surface area contributed by atoms with E-state index in [1.807, 2.05) is 0 Å². The van der Waals surface area contributed by atoms with Gasteiger partial charge in [0, 0.05) is 19.5 Å². The van der Waals surface area contributed by atoms with Crippen LogP contribution >= 0.6 is 0 Å². The maximum Gasteiger partial charge on any atom is 0.335 e. The number of rotatable bonds is 1. The quantitative estimate of drug-likeness (QED) is 0.315. The average Bonchev–Trinajstić information content (AvgIpc) is 2.07. The second-order valence-electron chi connectivity index (χ2n) is 2.76. The average molecular weight is 260 g/mol. The molecule has 0 aromatic rings. The number of aliphatic hydroxyl groups excluding tert-OH is 4. The Morgan fingerprint density at radius 1 is 1.00 bits per heavy atom. The number of carboxylic acid groups (broad SMARTS) is 1. The molecule has 14 heavy (non-hydrogen) atoms. The predicted molar refractivity (Wildman–Crippen MR) is 36.5 cm³/mol. The normalized spacial score (nSPS) is 42.7. The first-order valence-electron chi connectivity index (χ1n) is 3.55. The molecule has 5 N–H and O–H groups in total. The third-order valence-corrected chi connectivity index (χ3v) is 1.83. The molecule has 5 atom stereocenters. The van der Waals surface area contributed by atoms with E-state index in [-0.39, 0.29) is 19.5 Å². The number of carbonyl (C=O) groups is 1. The van der Waals surface area contributed by atoms with Gasteiger partial charge < -0.3 is 30.3 Å². The molecule has 1 fully saturated rings. The van der Waals surface area contributed by atoms with E-state index in [0.717, 1.165) is 0 Å². The molecule has 1 aliphatic rings. The molecular formula is C6H10O7Zn. The molecule has 0 bridgehead atoms. The Labute approximate surface area is 91.7 Å². The number of carboxylic acids is 1. The molecule has 0 saturated carbocycles. The van der Waals surface area contributed by atoms with Crippen LogP contribution in [0.1, 0.15) is 0 Å². The van der Waals surface area contributed by atoms with Crippen LogP contribution in [0.5, 0.6) is 0 Å². The summed E-state index contributed by atoms with van der Waals surface area (Å²) in [4.78, 5) is 10.4. The predicted octanol–water partition coefficient (Wildman–Crippen LogP) is -3.13. The van der Waals surface area contributed by atoms with E-state index in [4.69, 9.17) is 25.5 Å². The van der Waals surface area contributed by atoms with Gasteiger partial charge in [0.2, 0.25) is 0 Å². The smallest absolute Gasteiger partial charge is 0.335 e. The maximum atomic E-state index is 10.4. The fourth-order valence-corrected chi connectivity index (χ4v) is 1.07. The standard InChI is InChI=1S/C6H10O7.Zn/c7-1-2(8)4(5(10)11)13-6(12)3(1)9;/h1-4,6-9,12H,(H,10,11);/t1-,2-,3+,4-,6+;/m0./s1. The summed E-state index contributed by atoms with van der Waals surface area (Å²) in [5.74, 6) is -1.52. The number of hydrogen-bond acceptors (Lipinski definition) is 6. The molecule has 7 nitrogen and oxygen atoms in total. The third-order valence-electron chi connectivity index (χ3n) is 1.83. The number of aliphatic carboxylic acids is 1. The van der Waals surface area contributed by atoms with Crippen LogP contribution in [0.15, 0.2) is 0 Å². The van der Waals surface area contributed by atoms with Crippen molar-refractivity contribution in [2.45, 2.75) is 30.7 Å².